The lowest BCUT2D eigenvalue weighted by atomic mass is 10.0. The molecular weight excluding hydrogens is 745 g/mol. The van der Waals surface area contributed by atoms with Gasteiger partial charge >= 0.3 is 17.9 Å². The van der Waals surface area contributed by atoms with Gasteiger partial charge in [-0.15, -0.1) is 0 Å². The lowest BCUT2D eigenvalue weighted by Crippen LogP contribution is -2.30. The summed E-state index contributed by atoms with van der Waals surface area (Å²) in [4.78, 5) is 37.9. The van der Waals surface area contributed by atoms with Crippen molar-refractivity contribution in [2.75, 3.05) is 13.2 Å². The molecule has 6 heteroatoms. The molecule has 0 N–H and O–H groups in total. The molecule has 0 amide bonds. The molecule has 0 heterocycles. The lowest BCUT2D eigenvalue weighted by Gasteiger charge is -2.18. The summed E-state index contributed by atoms with van der Waals surface area (Å²) in [6.45, 7) is 6.52. The fraction of sp³-hybridized carbons (Fsp3) is 0.833. The minimum absolute atomic E-state index is 0.0762. The minimum Gasteiger partial charge on any atom is -0.462 e. The molecular formula is C54H98O6. The molecule has 0 saturated heterocycles. The number of rotatable bonds is 47. The van der Waals surface area contributed by atoms with Crippen LogP contribution in [-0.4, -0.2) is 37.2 Å². The highest BCUT2D eigenvalue weighted by atomic mass is 16.6. The van der Waals surface area contributed by atoms with Gasteiger partial charge in [0.15, 0.2) is 6.10 Å². The molecule has 0 aliphatic rings. The van der Waals surface area contributed by atoms with Crippen LogP contribution in [0.5, 0.6) is 0 Å². The Labute approximate surface area is 372 Å². The highest BCUT2D eigenvalue weighted by molar-refractivity contribution is 5.71. The predicted molar refractivity (Wildman–Crippen MR) is 256 cm³/mol. The zero-order valence-electron chi connectivity index (χ0n) is 40.0. The molecule has 350 valence electrons. The number of hydrogen-bond donors (Lipinski definition) is 0. The van der Waals surface area contributed by atoms with E-state index in [1.165, 1.54) is 148 Å². The molecule has 60 heavy (non-hydrogen) atoms. The van der Waals surface area contributed by atoms with E-state index in [-0.39, 0.29) is 31.1 Å². The molecule has 0 aliphatic heterocycles. The van der Waals surface area contributed by atoms with E-state index in [4.69, 9.17) is 14.2 Å². The Kier molecular flexibility index (Phi) is 47.3. The van der Waals surface area contributed by atoms with Crippen LogP contribution < -0.4 is 0 Å². The third kappa shape index (κ3) is 46.7. The standard InChI is InChI=1S/C54H98O6/c1-4-7-10-13-16-19-22-25-27-29-32-35-38-41-44-47-53(56)59-50-51(49-58-52(55)46-43-40-37-34-31-24-21-18-15-12-9-6-3)60-54(57)48-45-42-39-36-33-30-28-26-23-20-17-14-11-8-5-2/h9,12,18-19,21-22,51H,4-8,10-11,13-17,20,23-50H2,1-3H3/b12-9-,21-18-,22-19-. The Morgan fingerprint density at radius 3 is 1.03 bits per heavy atom. The monoisotopic (exact) mass is 843 g/mol. The second-order valence-corrected chi connectivity index (χ2v) is 17.4. The number of carbonyl (C=O) groups is 3. The molecule has 0 aromatic rings. The summed E-state index contributed by atoms with van der Waals surface area (Å²) in [5.74, 6) is -0.885. The molecule has 0 saturated carbocycles. The number of esters is 3. The zero-order chi connectivity index (χ0) is 43.7. The Hall–Kier alpha value is -2.37. The van der Waals surface area contributed by atoms with E-state index in [1.807, 2.05) is 0 Å². The molecule has 0 aliphatic carbocycles. The maximum Gasteiger partial charge on any atom is 0.306 e. The van der Waals surface area contributed by atoms with Gasteiger partial charge in [0.2, 0.25) is 0 Å². The molecule has 6 nitrogen and oxygen atoms in total. The molecule has 0 bridgehead atoms. The van der Waals surface area contributed by atoms with Crippen LogP contribution in [0.4, 0.5) is 0 Å². The molecule has 0 aromatic carbocycles. The van der Waals surface area contributed by atoms with E-state index >= 15 is 0 Å². The van der Waals surface area contributed by atoms with Crippen LogP contribution in [0, 0.1) is 0 Å². The van der Waals surface area contributed by atoms with Crippen LogP contribution in [0.1, 0.15) is 271 Å². The maximum atomic E-state index is 12.8. The van der Waals surface area contributed by atoms with Crippen LogP contribution >= 0.6 is 0 Å². The van der Waals surface area contributed by atoms with Gasteiger partial charge in [-0.3, -0.25) is 14.4 Å². The third-order valence-corrected chi connectivity index (χ3v) is 11.4. The Morgan fingerprint density at radius 1 is 0.350 bits per heavy atom. The molecule has 0 radical (unpaired) electrons. The highest BCUT2D eigenvalue weighted by Gasteiger charge is 2.19. The van der Waals surface area contributed by atoms with E-state index in [1.54, 1.807) is 0 Å². The van der Waals surface area contributed by atoms with E-state index < -0.39 is 6.10 Å². The number of allylic oxidation sites excluding steroid dienone is 6. The lowest BCUT2D eigenvalue weighted by molar-refractivity contribution is -0.167. The van der Waals surface area contributed by atoms with E-state index in [9.17, 15) is 14.4 Å². The molecule has 1 unspecified atom stereocenters. The van der Waals surface area contributed by atoms with Gasteiger partial charge in [-0.1, -0.05) is 218 Å². The van der Waals surface area contributed by atoms with Gasteiger partial charge in [-0.05, 0) is 70.6 Å². The average Bonchev–Trinajstić information content (AvgIpc) is 3.24. The number of unbranched alkanes of at least 4 members (excludes halogenated alkanes) is 30. The maximum absolute atomic E-state index is 12.8. The van der Waals surface area contributed by atoms with Crippen molar-refractivity contribution < 1.29 is 28.6 Å². The summed E-state index contributed by atoms with van der Waals surface area (Å²) in [6.07, 6.45) is 57.0. The van der Waals surface area contributed by atoms with E-state index in [2.05, 4.69) is 57.2 Å². The Bertz CT molecular complexity index is 1020. The molecule has 1 atom stereocenters. The van der Waals surface area contributed by atoms with Gasteiger partial charge in [0.25, 0.3) is 0 Å². The van der Waals surface area contributed by atoms with Crippen molar-refractivity contribution in [1.82, 2.24) is 0 Å². The topological polar surface area (TPSA) is 78.9 Å². The van der Waals surface area contributed by atoms with Gasteiger partial charge in [0.05, 0.1) is 0 Å². The van der Waals surface area contributed by atoms with E-state index in [0.717, 1.165) is 83.5 Å². The summed E-state index contributed by atoms with van der Waals surface area (Å²) in [5.41, 5.74) is 0. The Morgan fingerprint density at radius 2 is 0.650 bits per heavy atom. The summed E-state index contributed by atoms with van der Waals surface area (Å²) in [6, 6.07) is 0. The van der Waals surface area contributed by atoms with Gasteiger partial charge in [0, 0.05) is 19.3 Å². The first kappa shape index (κ1) is 57.6. The van der Waals surface area contributed by atoms with E-state index in [0.29, 0.717) is 19.3 Å². The third-order valence-electron chi connectivity index (χ3n) is 11.4. The largest absolute Gasteiger partial charge is 0.462 e. The first-order valence-electron chi connectivity index (χ1n) is 26.0. The quantitative estimate of drug-likeness (QED) is 0.0263. The fourth-order valence-electron chi connectivity index (χ4n) is 7.48. The van der Waals surface area contributed by atoms with Crippen LogP contribution in [0.25, 0.3) is 0 Å². The Balaban J connectivity index is 4.36. The summed E-state index contributed by atoms with van der Waals surface area (Å²) in [7, 11) is 0. The van der Waals surface area contributed by atoms with Crippen LogP contribution in [0.15, 0.2) is 36.5 Å². The van der Waals surface area contributed by atoms with Gasteiger partial charge in [-0.2, -0.15) is 0 Å². The normalized spacial score (nSPS) is 12.2. The summed E-state index contributed by atoms with van der Waals surface area (Å²) in [5, 5.41) is 0. The van der Waals surface area contributed by atoms with Crippen LogP contribution in [0.2, 0.25) is 0 Å². The number of carbonyl (C=O) groups excluding carboxylic acids is 3. The molecule has 0 spiro atoms. The highest BCUT2D eigenvalue weighted by Crippen LogP contribution is 2.16. The van der Waals surface area contributed by atoms with Gasteiger partial charge in [-0.25, -0.2) is 0 Å². The van der Waals surface area contributed by atoms with Crippen LogP contribution in [0.3, 0.4) is 0 Å². The predicted octanol–water partition coefficient (Wildman–Crippen LogP) is 16.9. The second kappa shape index (κ2) is 49.3. The SMILES string of the molecule is CC/C=C\C/C=C\CCCCCCCC(=O)OCC(COC(=O)CCCCCCCCC/C=C\CCCCCC)OC(=O)CCCCCCCCCCCCCCCCC. The number of hydrogen-bond acceptors (Lipinski definition) is 6. The van der Waals surface area contributed by atoms with Crippen molar-refractivity contribution in [3.63, 3.8) is 0 Å². The average molecular weight is 843 g/mol. The van der Waals surface area contributed by atoms with Crippen molar-refractivity contribution in [2.24, 2.45) is 0 Å². The second-order valence-electron chi connectivity index (χ2n) is 17.4. The van der Waals surface area contributed by atoms with Crippen molar-refractivity contribution >= 4 is 17.9 Å². The first-order valence-corrected chi connectivity index (χ1v) is 26.0. The summed E-state index contributed by atoms with van der Waals surface area (Å²) < 4.78 is 16.8. The van der Waals surface area contributed by atoms with Crippen LogP contribution in [-0.2, 0) is 28.6 Å². The molecule has 0 fully saturated rings. The molecule has 0 aromatic heterocycles. The van der Waals surface area contributed by atoms with Crippen molar-refractivity contribution in [3.05, 3.63) is 36.5 Å². The van der Waals surface area contributed by atoms with Crippen molar-refractivity contribution in [2.45, 2.75) is 277 Å². The number of ether oxygens (including phenoxy) is 3. The first-order chi connectivity index (χ1) is 29.5. The van der Waals surface area contributed by atoms with Gasteiger partial charge < -0.3 is 14.2 Å². The van der Waals surface area contributed by atoms with Gasteiger partial charge in [0.1, 0.15) is 13.2 Å². The smallest absolute Gasteiger partial charge is 0.306 e. The fourth-order valence-corrected chi connectivity index (χ4v) is 7.48. The zero-order valence-corrected chi connectivity index (χ0v) is 40.0. The van der Waals surface area contributed by atoms with Crippen molar-refractivity contribution in [3.8, 4) is 0 Å². The summed E-state index contributed by atoms with van der Waals surface area (Å²) >= 11 is 0. The minimum atomic E-state index is -0.775. The van der Waals surface area contributed by atoms with Crippen molar-refractivity contribution in [1.29, 1.82) is 0 Å². The molecule has 0 rings (SSSR count).